The molecule has 0 aromatic heterocycles. The van der Waals surface area contributed by atoms with Crippen molar-refractivity contribution in [3.8, 4) is 11.5 Å². The third-order valence-electron chi connectivity index (χ3n) is 6.14. The van der Waals surface area contributed by atoms with Crippen LogP contribution in [0, 0.1) is 0 Å². The average molecular weight is 455 g/mol. The molecule has 0 spiro atoms. The van der Waals surface area contributed by atoms with Crippen molar-refractivity contribution >= 4 is 8.56 Å². The SMILES string of the molecule is CCCCCCCCCCCCCCCC[Si](C)(Oc1ccccc1)Oc1ccccc1. The molecule has 0 heterocycles. The van der Waals surface area contributed by atoms with Crippen molar-refractivity contribution in [2.24, 2.45) is 0 Å². The van der Waals surface area contributed by atoms with Crippen molar-refractivity contribution in [3.05, 3.63) is 60.7 Å². The Labute approximate surface area is 199 Å². The summed E-state index contributed by atoms with van der Waals surface area (Å²) in [6, 6.07) is 21.3. The van der Waals surface area contributed by atoms with Crippen LogP contribution in [0.25, 0.3) is 0 Å². The Morgan fingerprint density at radius 1 is 0.500 bits per heavy atom. The van der Waals surface area contributed by atoms with Gasteiger partial charge in [-0.25, -0.2) is 0 Å². The topological polar surface area (TPSA) is 18.5 Å². The summed E-state index contributed by atoms with van der Waals surface area (Å²) >= 11 is 0. The van der Waals surface area contributed by atoms with Gasteiger partial charge in [-0.2, -0.15) is 0 Å². The number of unbranched alkanes of at least 4 members (excludes halogenated alkanes) is 13. The fraction of sp³-hybridized carbons (Fsp3) is 0.586. The highest BCUT2D eigenvalue weighted by Gasteiger charge is 2.35. The highest BCUT2D eigenvalue weighted by molar-refractivity contribution is 6.67. The summed E-state index contributed by atoms with van der Waals surface area (Å²) < 4.78 is 12.9. The van der Waals surface area contributed by atoms with Crippen LogP contribution in [0.2, 0.25) is 12.6 Å². The minimum atomic E-state index is -2.33. The Hall–Kier alpha value is -1.74. The second-order valence-electron chi connectivity index (χ2n) is 9.31. The predicted octanol–water partition coefficient (Wildman–Crippen LogP) is 9.70. The van der Waals surface area contributed by atoms with E-state index in [2.05, 4.69) is 13.5 Å². The van der Waals surface area contributed by atoms with Crippen LogP contribution >= 0.6 is 0 Å². The van der Waals surface area contributed by atoms with Crippen LogP contribution in [0.3, 0.4) is 0 Å². The number of benzene rings is 2. The minimum absolute atomic E-state index is 0.919. The Morgan fingerprint density at radius 3 is 1.22 bits per heavy atom. The molecule has 0 fully saturated rings. The van der Waals surface area contributed by atoms with Crippen LogP contribution in [-0.4, -0.2) is 8.56 Å². The van der Waals surface area contributed by atoms with E-state index in [4.69, 9.17) is 8.85 Å². The maximum absolute atomic E-state index is 6.44. The Balaban J connectivity index is 1.59. The first-order chi connectivity index (χ1) is 15.7. The Bertz CT molecular complexity index is 633. The zero-order chi connectivity index (χ0) is 22.7. The number of hydrogen-bond donors (Lipinski definition) is 0. The van der Waals surface area contributed by atoms with E-state index >= 15 is 0 Å². The maximum atomic E-state index is 6.44. The predicted molar refractivity (Wildman–Crippen MR) is 141 cm³/mol. The molecule has 0 bridgehead atoms. The van der Waals surface area contributed by atoms with E-state index in [1.54, 1.807) is 0 Å². The van der Waals surface area contributed by atoms with Crippen molar-refractivity contribution in [2.45, 2.75) is 109 Å². The van der Waals surface area contributed by atoms with Crippen LogP contribution in [0.5, 0.6) is 11.5 Å². The van der Waals surface area contributed by atoms with Crippen LogP contribution < -0.4 is 8.85 Å². The fourth-order valence-corrected chi connectivity index (χ4v) is 6.65. The molecule has 2 nitrogen and oxygen atoms in total. The van der Waals surface area contributed by atoms with Crippen molar-refractivity contribution in [1.82, 2.24) is 0 Å². The molecule has 0 aliphatic rings. The third-order valence-corrected chi connectivity index (χ3v) is 8.74. The zero-order valence-electron chi connectivity index (χ0n) is 20.7. The summed E-state index contributed by atoms with van der Waals surface area (Å²) in [6.45, 7) is 4.49. The van der Waals surface area contributed by atoms with Gasteiger partial charge in [0.25, 0.3) is 0 Å². The third kappa shape index (κ3) is 12.3. The second kappa shape index (κ2) is 16.8. The summed E-state index contributed by atoms with van der Waals surface area (Å²) in [5, 5.41) is 0. The average Bonchev–Trinajstić information content (AvgIpc) is 2.80. The van der Waals surface area contributed by atoms with Crippen molar-refractivity contribution < 1.29 is 8.85 Å². The maximum Gasteiger partial charge on any atom is 0.457 e. The summed E-state index contributed by atoms with van der Waals surface area (Å²) in [5.41, 5.74) is 0. The van der Waals surface area contributed by atoms with Crippen molar-refractivity contribution in [3.63, 3.8) is 0 Å². The standard InChI is InChI=1S/C29H46O2Si/c1-3-4-5-6-7-8-9-10-11-12-13-14-15-22-27-32(2,30-28-23-18-16-19-24-28)31-29-25-20-17-21-26-29/h16-21,23-26H,3-15,22,27H2,1-2H3. The lowest BCUT2D eigenvalue weighted by Crippen LogP contribution is -2.45. The molecule has 0 aliphatic carbocycles. The molecule has 0 atom stereocenters. The van der Waals surface area contributed by atoms with Crippen LogP contribution in [0.1, 0.15) is 96.8 Å². The number of rotatable bonds is 19. The number of para-hydroxylation sites is 2. The molecule has 0 radical (unpaired) electrons. The quantitative estimate of drug-likeness (QED) is 0.155. The molecule has 0 N–H and O–H groups in total. The summed E-state index contributed by atoms with van der Waals surface area (Å²) in [7, 11) is -2.33. The largest absolute Gasteiger partial charge is 0.512 e. The Morgan fingerprint density at radius 2 is 0.844 bits per heavy atom. The smallest absolute Gasteiger partial charge is 0.457 e. The van der Waals surface area contributed by atoms with Gasteiger partial charge in [0.15, 0.2) is 0 Å². The van der Waals surface area contributed by atoms with Gasteiger partial charge in [0.05, 0.1) is 0 Å². The zero-order valence-corrected chi connectivity index (χ0v) is 21.7. The van der Waals surface area contributed by atoms with Gasteiger partial charge in [0.1, 0.15) is 11.5 Å². The monoisotopic (exact) mass is 454 g/mol. The number of hydrogen-bond acceptors (Lipinski definition) is 2. The molecule has 178 valence electrons. The molecular formula is C29H46O2Si. The molecule has 2 rings (SSSR count). The highest BCUT2D eigenvalue weighted by Crippen LogP contribution is 2.25. The molecule has 0 saturated heterocycles. The van der Waals surface area contributed by atoms with Gasteiger partial charge in [-0.1, -0.05) is 127 Å². The van der Waals surface area contributed by atoms with Gasteiger partial charge >= 0.3 is 8.56 Å². The molecule has 0 saturated carbocycles. The lowest BCUT2D eigenvalue weighted by Gasteiger charge is -2.28. The van der Waals surface area contributed by atoms with Crippen molar-refractivity contribution in [1.29, 1.82) is 0 Å². The van der Waals surface area contributed by atoms with Crippen LogP contribution in [0.4, 0.5) is 0 Å². The van der Waals surface area contributed by atoms with Crippen LogP contribution in [-0.2, 0) is 0 Å². The normalized spacial score (nSPS) is 11.4. The van der Waals surface area contributed by atoms with Gasteiger partial charge in [-0.05, 0) is 30.7 Å². The molecule has 3 heteroatoms. The minimum Gasteiger partial charge on any atom is -0.512 e. The summed E-state index contributed by atoms with van der Waals surface area (Å²) in [4.78, 5) is 0. The molecule has 0 unspecified atom stereocenters. The summed E-state index contributed by atoms with van der Waals surface area (Å²) in [6.07, 6.45) is 19.3. The fourth-order valence-electron chi connectivity index (χ4n) is 4.24. The van der Waals surface area contributed by atoms with Gasteiger partial charge in [0, 0.05) is 12.6 Å². The van der Waals surface area contributed by atoms with Crippen molar-refractivity contribution in [2.75, 3.05) is 0 Å². The highest BCUT2D eigenvalue weighted by atomic mass is 28.4. The first-order valence-corrected chi connectivity index (χ1v) is 15.7. The van der Waals surface area contributed by atoms with E-state index in [0.717, 1.165) is 17.5 Å². The summed E-state index contributed by atoms with van der Waals surface area (Å²) in [5.74, 6) is 1.84. The van der Waals surface area contributed by atoms with Crippen LogP contribution in [0.15, 0.2) is 60.7 Å². The first kappa shape index (κ1) is 26.5. The van der Waals surface area contributed by atoms with E-state index in [-0.39, 0.29) is 0 Å². The lowest BCUT2D eigenvalue weighted by molar-refractivity contribution is 0.384. The molecule has 0 aliphatic heterocycles. The van der Waals surface area contributed by atoms with E-state index in [1.807, 2.05) is 60.7 Å². The van der Waals surface area contributed by atoms with E-state index < -0.39 is 8.56 Å². The molecule has 2 aromatic rings. The molecule has 32 heavy (non-hydrogen) atoms. The lowest BCUT2D eigenvalue weighted by atomic mass is 10.0. The van der Waals surface area contributed by atoms with E-state index in [1.165, 1.54) is 89.9 Å². The molecule has 0 amide bonds. The van der Waals surface area contributed by atoms with Gasteiger partial charge in [0.2, 0.25) is 0 Å². The first-order valence-electron chi connectivity index (χ1n) is 13.2. The molecule has 2 aromatic carbocycles. The second-order valence-corrected chi connectivity index (χ2v) is 12.5. The van der Waals surface area contributed by atoms with E-state index in [9.17, 15) is 0 Å². The van der Waals surface area contributed by atoms with Gasteiger partial charge in [-0.15, -0.1) is 0 Å². The Kier molecular flexibility index (Phi) is 13.9. The van der Waals surface area contributed by atoms with Gasteiger partial charge in [-0.3, -0.25) is 0 Å². The van der Waals surface area contributed by atoms with Gasteiger partial charge < -0.3 is 8.85 Å². The van der Waals surface area contributed by atoms with E-state index in [0.29, 0.717) is 0 Å². The molecular weight excluding hydrogens is 408 g/mol.